The van der Waals surface area contributed by atoms with Crippen molar-refractivity contribution < 1.29 is 22.7 Å². The van der Waals surface area contributed by atoms with Gasteiger partial charge < -0.3 is 15.0 Å². The first-order chi connectivity index (χ1) is 13.3. The lowest BCUT2D eigenvalue weighted by Crippen LogP contribution is -2.44. The molecule has 1 aromatic carbocycles. The zero-order valence-electron chi connectivity index (χ0n) is 16.3. The molecule has 3 rings (SSSR count). The van der Waals surface area contributed by atoms with Crippen molar-refractivity contribution >= 4 is 5.91 Å². The maximum atomic E-state index is 13.3. The SMILES string of the molecule is CN(C)C[C@@H]1CN(C2CCOCC2)C[C@H]1NC(=O)c1ccccc1C(F)(F)F. The molecule has 1 N–H and O–H groups in total. The molecule has 0 aliphatic carbocycles. The lowest BCUT2D eigenvalue weighted by atomic mass is 10.0. The van der Waals surface area contributed by atoms with Gasteiger partial charge in [-0.05, 0) is 39.1 Å². The second-order valence-electron chi connectivity index (χ2n) is 7.94. The summed E-state index contributed by atoms with van der Waals surface area (Å²) in [5.41, 5.74) is -1.21. The third kappa shape index (κ3) is 5.04. The summed E-state index contributed by atoms with van der Waals surface area (Å²) in [4.78, 5) is 17.1. The Morgan fingerprint density at radius 1 is 1.21 bits per heavy atom. The van der Waals surface area contributed by atoms with Gasteiger partial charge in [0.15, 0.2) is 0 Å². The van der Waals surface area contributed by atoms with E-state index in [4.69, 9.17) is 4.74 Å². The molecule has 8 heteroatoms. The second-order valence-corrected chi connectivity index (χ2v) is 7.94. The predicted molar refractivity (Wildman–Crippen MR) is 100 cm³/mol. The molecule has 5 nitrogen and oxygen atoms in total. The molecular formula is C20H28F3N3O2. The first kappa shape index (κ1) is 21.1. The number of halogens is 3. The van der Waals surface area contributed by atoms with E-state index in [2.05, 4.69) is 15.1 Å². The lowest BCUT2D eigenvalue weighted by Gasteiger charge is -2.31. The van der Waals surface area contributed by atoms with Gasteiger partial charge in [-0.3, -0.25) is 9.69 Å². The van der Waals surface area contributed by atoms with E-state index in [9.17, 15) is 18.0 Å². The van der Waals surface area contributed by atoms with Crippen molar-refractivity contribution in [3.8, 4) is 0 Å². The van der Waals surface area contributed by atoms with E-state index in [-0.39, 0.29) is 17.5 Å². The minimum Gasteiger partial charge on any atom is -0.381 e. The van der Waals surface area contributed by atoms with Crippen LogP contribution in [0.3, 0.4) is 0 Å². The van der Waals surface area contributed by atoms with E-state index in [1.165, 1.54) is 18.2 Å². The molecule has 156 valence electrons. The standard InChI is InChI=1S/C20H28F3N3O2/c1-25(2)11-14-12-26(15-7-9-28-10-8-15)13-18(14)24-19(27)16-5-3-4-6-17(16)20(21,22)23/h3-6,14-15,18H,7-13H2,1-2H3,(H,24,27)/t14-,18-/m1/s1. The Morgan fingerprint density at radius 2 is 1.89 bits per heavy atom. The van der Waals surface area contributed by atoms with Crippen LogP contribution in [0.15, 0.2) is 24.3 Å². The molecule has 1 aromatic rings. The summed E-state index contributed by atoms with van der Waals surface area (Å²) < 4.78 is 45.2. The van der Waals surface area contributed by atoms with Gasteiger partial charge in [0, 0.05) is 50.8 Å². The maximum absolute atomic E-state index is 13.3. The van der Waals surface area contributed by atoms with Crippen molar-refractivity contribution in [2.24, 2.45) is 5.92 Å². The number of benzene rings is 1. The van der Waals surface area contributed by atoms with Crippen molar-refractivity contribution in [2.45, 2.75) is 31.1 Å². The van der Waals surface area contributed by atoms with Crippen LogP contribution in [0.5, 0.6) is 0 Å². The highest BCUT2D eigenvalue weighted by atomic mass is 19.4. The van der Waals surface area contributed by atoms with E-state index < -0.39 is 17.6 Å². The Kier molecular flexibility index (Phi) is 6.62. The molecule has 2 aliphatic rings. The average molecular weight is 399 g/mol. The maximum Gasteiger partial charge on any atom is 0.417 e. The molecule has 28 heavy (non-hydrogen) atoms. The Hall–Kier alpha value is -1.64. The molecule has 0 spiro atoms. The number of nitrogens with one attached hydrogen (secondary N) is 1. The van der Waals surface area contributed by atoms with Gasteiger partial charge in [0.25, 0.3) is 5.91 Å². The summed E-state index contributed by atoms with van der Waals surface area (Å²) in [5, 5.41) is 2.89. The minimum absolute atomic E-state index is 0.167. The molecule has 0 bridgehead atoms. The monoisotopic (exact) mass is 399 g/mol. The summed E-state index contributed by atoms with van der Waals surface area (Å²) in [7, 11) is 3.93. The van der Waals surface area contributed by atoms with Gasteiger partial charge in [-0.2, -0.15) is 13.2 Å². The van der Waals surface area contributed by atoms with E-state index in [1.54, 1.807) is 0 Å². The largest absolute Gasteiger partial charge is 0.417 e. The zero-order chi connectivity index (χ0) is 20.3. The normalized spacial score (nSPS) is 24.6. The highest BCUT2D eigenvalue weighted by Gasteiger charge is 2.39. The first-order valence-corrected chi connectivity index (χ1v) is 9.69. The molecule has 2 heterocycles. The lowest BCUT2D eigenvalue weighted by molar-refractivity contribution is -0.137. The number of alkyl halides is 3. The number of hydrogen-bond acceptors (Lipinski definition) is 4. The van der Waals surface area contributed by atoms with Crippen molar-refractivity contribution in [1.29, 1.82) is 0 Å². The number of ether oxygens (including phenoxy) is 1. The van der Waals surface area contributed by atoms with Crippen molar-refractivity contribution in [2.75, 3.05) is 46.9 Å². The van der Waals surface area contributed by atoms with Crippen LogP contribution < -0.4 is 5.32 Å². The summed E-state index contributed by atoms with van der Waals surface area (Å²) in [5.74, 6) is -0.490. The third-order valence-corrected chi connectivity index (χ3v) is 5.57. The van der Waals surface area contributed by atoms with Gasteiger partial charge in [0.2, 0.25) is 0 Å². The molecule has 2 aliphatic heterocycles. The summed E-state index contributed by atoms with van der Waals surface area (Å²) in [6, 6.07) is 5.18. The predicted octanol–water partition coefficient (Wildman–Crippen LogP) is 2.48. The van der Waals surface area contributed by atoms with Crippen molar-refractivity contribution in [3.05, 3.63) is 35.4 Å². The zero-order valence-corrected chi connectivity index (χ0v) is 16.3. The van der Waals surface area contributed by atoms with Crippen LogP contribution in [0.2, 0.25) is 0 Å². The number of hydrogen-bond donors (Lipinski definition) is 1. The van der Waals surface area contributed by atoms with Gasteiger partial charge in [-0.1, -0.05) is 12.1 Å². The van der Waals surface area contributed by atoms with Gasteiger partial charge >= 0.3 is 6.18 Å². The van der Waals surface area contributed by atoms with Crippen LogP contribution in [0.4, 0.5) is 13.2 Å². The fraction of sp³-hybridized carbons (Fsp3) is 0.650. The number of carbonyl (C=O) groups is 1. The molecule has 0 saturated carbocycles. The van der Waals surface area contributed by atoms with Crippen LogP contribution >= 0.6 is 0 Å². The Labute approximate surface area is 163 Å². The van der Waals surface area contributed by atoms with Crippen LogP contribution in [-0.2, 0) is 10.9 Å². The average Bonchev–Trinajstić information content (AvgIpc) is 3.03. The van der Waals surface area contributed by atoms with E-state index in [0.717, 1.165) is 45.2 Å². The number of carbonyl (C=O) groups excluding carboxylic acids is 1. The molecule has 1 amide bonds. The van der Waals surface area contributed by atoms with Crippen molar-refractivity contribution in [1.82, 2.24) is 15.1 Å². The van der Waals surface area contributed by atoms with Crippen LogP contribution in [-0.4, -0.2) is 74.7 Å². The van der Waals surface area contributed by atoms with Gasteiger partial charge in [-0.15, -0.1) is 0 Å². The van der Waals surface area contributed by atoms with Gasteiger partial charge in [-0.25, -0.2) is 0 Å². The quantitative estimate of drug-likeness (QED) is 0.826. The second kappa shape index (κ2) is 8.80. The molecule has 2 saturated heterocycles. The van der Waals surface area contributed by atoms with Crippen molar-refractivity contribution in [3.63, 3.8) is 0 Å². The molecule has 0 radical (unpaired) electrons. The van der Waals surface area contributed by atoms with Crippen LogP contribution in [0, 0.1) is 5.92 Å². The number of amides is 1. The number of rotatable bonds is 5. The molecule has 2 fully saturated rings. The highest BCUT2D eigenvalue weighted by molar-refractivity contribution is 5.96. The topological polar surface area (TPSA) is 44.8 Å². The van der Waals surface area contributed by atoms with E-state index in [0.29, 0.717) is 12.6 Å². The molecule has 0 aromatic heterocycles. The van der Waals surface area contributed by atoms with E-state index >= 15 is 0 Å². The summed E-state index contributed by atoms with van der Waals surface area (Å²) >= 11 is 0. The summed E-state index contributed by atoms with van der Waals surface area (Å²) in [6.07, 6.45) is -2.65. The van der Waals surface area contributed by atoms with E-state index in [1.807, 2.05) is 14.1 Å². The van der Waals surface area contributed by atoms with Crippen LogP contribution in [0.1, 0.15) is 28.8 Å². The molecule has 0 unspecified atom stereocenters. The highest BCUT2D eigenvalue weighted by Crippen LogP contribution is 2.32. The molecule has 2 atom stereocenters. The smallest absolute Gasteiger partial charge is 0.381 e. The first-order valence-electron chi connectivity index (χ1n) is 9.69. The fourth-order valence-corrected chi connectivity index (χ4v) is 4.25. The van der Waals surface area contributed by atoms with Crippen LogP contribution in [0.25, 0.3) is 0 Å². The number of nitrogens with zero attached hydrogens (tertiary/aromatic N) is 2. The van der Waals surface area contributed by atoms with Gasteiger partial charge in [0.1, 0.15) is 0 Å². The fourth-order valence-electron chi connectivity index (χ4n) is 4.25. The third-order valence-electron chi connectivity index (χ3n) is 5.57. The number of likely N-dealkylation sites (tertiary alicyclic amines) is 1. The minimum atomic E-state index is -4.55. The Morgan fingerprint density at radius 3 is 2.54 bits per heavy atom. The Bertz CT molecular complexity index is 675. The molecular weight excluding hydrogens is 371 g/mol. The summed E-state index contributed by atoms with van der Waals surface area (Å²) in [6.45, 7) is 3.72. The van der Waals surface area contributed by atoms with Gasteiger partial charge in [0.05, 0.1) is 11.1 Å². The Balaban J connectivity index is 1.74.